The Morgan fingerprint density at radius 2 is 1.95 bits per heavy atom. The SMILES string of the molecule is CN(C)c1ccccc1-n1c(N)nc2cnccc21. The van der Waals surface area contributed by atoms with Crippen LogP contribution in [0.4, 0.5) is 11.6 Å². The monoisotopic (exact) mass is 253 g/mol. The van der Waals surface area contributed by atoms with E-state index in [-0.39, 0.29) is 0 Å². The predicted octanol–water partition coefficient (Wildman–Crippen LogP) is 2.07. The summed E-state index contributed by atoms with van der Waals surface area (Å²) in [6, 6.07) is 10.0. The lowest BCUT2D eigenvalue weighted by atomic mass is 10.2. The number of hydrogen-bond acceptors (Lipinski definition) is 4. The molecule has 0 bridgehead atoms. The first-order valence-electron chi connectivity index (χ1n) is 6.03. The van der Waals surface area contributed by atoms with Crippen LogP contribution in [0.15, 0.2) is 42.7 Å². The van der Waals surface area contributed by atoms with Crippen molar-refractivity contribution in [2.24, 2.45) is 0 Å². The summed E-state index contributed by atoms with van der Waals surface area (Å²) in [4.78, 5) is 10.5. The summed E-state index contributed by atoms with van der Waals surface area (Å²) in [6.07, 6.45) is 3.47. The van der Waals surface area contributed by atoms with E-state index in [0.29, 0.717) is 5.95 Å². The lowest BCUT2D eigenvalue weighted by Crippen LogP contribution is -2.13. The average molecular weight is 253 g/mol. The quantitative estimate of drug-likeness (QED) is 0.759. The third-order valence-electron chi connectivity index (χ3n) is 3.09. The Balaban J connectivity index is 2.33. The second-order valence-electron chi connectivity index (χ2n) is 4.55. The number of hydrogen-bond donors (Lipinski definition) is 1. The zero-order chi connectivity index (χ0) is 13.4. The highest BCUT2D eigenvalue weighted by Crippen LogP contribution is 2.28. The van der Waals surface area contributed by atoms with Gasteiger partial charge in [-0.2, -0.15) is 0 Å². The molecule has 5 heteroatoms. The number of rotatable bonds is 2. The molecule has 0 aliphatic heterocycles. The number of aromatic nitrogens is 3. The Labute approximate surface area is 111 Å². The number of fused-ring (bicyclic) bond motifs is 1. The second kappa shape index (κ2) is 4.28. The van der Waals surface area contributed by atoms with Crippen LogP contribution in [0, 0.1) is 0 Å². The lowest BCUT2D eigenvalue weighted by molar-refractivity contribution is 1.06. The smallest absolute Gasteiger partial charge is 0.206 e. The van der Waals surface area contributed by atoms with Crippen molar-refractivity contribution in [3.63, 3.8) is 0 Å². The molecule has 2 heterocycles. The number of pyridine rings is 1. The Kier molecular flexibility index (Phi) is 2.59. The van der Waals surface area contributed by atoms with Crippen molar-refractivity contribution < 1.29 is 0 Å². The minimum atomic E-state index is 0.470. The molecule has 1 aromatic carbocycles. The van der Waals surface area contributed by atoms with Crippen LogP contribution in [0.2, 0.25) is 0 Å². The van der Waals surface area contributed by atoms with Gasteiger partial charge in [0, 0.05) is 20.3 Å². The number of nitrogen functional groups attached to an aromatic ring is 1. The Hall–Kier alpha value is -2.56. The molecule has 2 aromatic heterocycles. The van der Waals surface area contributed by atoms with E-state index < -0.39 is 0 Å². The topological polar surface area (TPSA) is 60.0 Å². The fraction of sp³-hybridized carbons (Fsp3) is 0.143. The van der Waals surface area contributed by atoms with Crippen molar-refractivity contribution in [3.8, 4) is 5.69 Å². The Morgan fingerprint density at radius 1 is 1.16 bits per heavy atom. The summed E-state index contributed by atoms with van der Waals surface area (Å²) in [6.45, 7) is 0. The van der Waals surface area contributed by atoms with Crippen molar-refractivity contribution >= 4 is 22.7 Å². The highest BCUT2D eigenvalue weighted by Gasteiger charge is 2.13. The minimum Gasteiger partial charge on any atom is -0.376 e. The molecule has 96 valence electrons. The zero-order valence-electron chi connectivity index (χ0n) is 10.9. The van der Waals surface area contributed by atoms with Crippen LogP contribution >= 0.6 is 0 Å². The lowest BCUT2D eigenvalue weighted by Gasteiger charge is -2.18. The Bertz CT molecular complexity index is 730. The molecule has 0 saturated carbocycles. The summed E-state index contributed by atoms with van der Waals surface area (Å²) in [7, 11) is 4.02. The van der Waals surface area contributed by atoms with Crippen molar-refractivity contribution in [2.75, 3.05) is 24.7 Å². The van der Waals surface area contributed by atoms with Crippen LogP contribution in [0.3, 0.4) is 0 Å². The maximum absolute atomic E-state index is 6.06. The molecule has 19 heavy (non-hydrogen) atoms. The van der Waals surface area contributed by atoms with Gasteiger partial charge < -0.3 is 10.6 Å². The van der Waals surface area contributed by atoms with Crippen LogP contribution in [-0.2, 0) is 0 Å². The van der Waals surface area contributed by atoms with Crippen molar-refractivity contribution in [1.29, 1.82) is 0 Å². The van der Waals surface area contributed by atoms with Crippen LogP contribution < -0.4 is 10.6 Å². The molecule has 0 saturated heterocycles. The van der Waals surface area contributed by atoms with Gasteiger partial charge in [-0.1, -0.05) is 12.1 Å². The molecule has 0 unspecified atom stereocenters. The standard InChI is InChI=1S/C14H15N5/c1-18(2)12-5-3-4-6-13(12)19-11-7-8-16-9-10(11)17-14(19)15/h3-9H,1-2H3,(H2,15,17). The van der Waals surface area contributed by atoms with E-state index in [1.165, 1.54) is 0 Å². The third-order valence-corrected chi connectivity index (χ3v) is 3.09. The van der Waals surface area contributed by atoms with E-state index in [1.54, 1.807) is 12.4 Å². The molecule has 0 aliphatic carbocycles. The number of nitrogens with two attached hydrogens (primary N) is 1. The van der Waals surface area contributed by atoms with E-state index in [2.05, 4.69) is 20.9 Å². The van der Waals surface area contributed by atoms with Gasteiger partial charge in [0.15, 0.2) is 0 Å². The highest BCUT2D eigenvalue weighted by molar-refractivity contribution is 5.82. The van der Waals surface area contributed by atoms with Crippen LogP contribution in [0.5, 0.6) is 0 Å². The van der Waals surface area contributed by atoms with Gasteiger partial charge in [-0.05, 0) is 18.2 Å². The van der Waals surface area contributed by atoms with Crippen molar-refractivity contribution in [2.45, 2.75) is 0 Å². The number of para-hydroxylation sites is 2. The third kappa shape index (κ3) is 1.79. The van der Waals surface area contributed by atoms with Gasteiger partial charge >= 0.3 is 0 Å². The molecular weight excluding hydrogens is 238 g/mol. The molecular formula is C14H15N5. The molecule has 0 spiro atoms. The molecule has 0 fully saturated rings. The maximum atomic E-state index is 6.06. The van der Waals surface area contributed by atoms with E-state index in [1.807, 2.05) is 42.9 Å². The first kappa shape index (κ1) is 11.5. The number of nitrogens with zero attached hydrogens (tertiary/aromatic N) is 4. The number of anilines is 2. The van der Waals surface area contributed by atoms with Crippen LogP contribution in [0.1, 0.15) is 0 Å². The van der Waals surface area contributed by atoms with E-state index >= 15 is 0 Å². The first-order chi connectivity index (χ1) is 9.18. The van der Waals surface area contributed by atoms with Crippen LogP contribution in [0.25, 0.3) is 16.7 Å². The van der Waals surface area contributed by atoms with E-state index in [9.17, 15) is 0 Å². The molecule has 3 aromatic rings. The molecule has 2 N–H and O–H groups in total. The molecule has 0 aliphatic rings. The zero-order valence-corrected chi connectivity index (χ0v) is 10.9. The minimum absolute atomic E-state index is 0.470. The van der Waals surface area contributed by atoms with E-state index in [0.717, 1.165) is 22.4 Å². The maximum Gasteiger partial charge on any atom is 0.206 e. The van der Waals surface area contributed by atoms with Gasteiger partial charge in [-0.3, -0.25) is 9.55 Å². The van der Waals surface area contributed by atoms with Crippen LogP contribution in [-0.4, -0.2) is 28.6 Å². The van der Waals surface area contributed by atoms with Gasteiger partial charge in [0.1, 0.15) is 5.52 Å². The summed E-state index contributed by atoms with van der Waals surface area (Å²) >= 11 is 0. The average Bonchev–Trinajstić information content (AvgIpc) is 2.74. The fourth-order valence-electron chi connectivity index (χ4n) is 2.24. The summed E-state index contributed by atoms with van der Waals surface area (Å²) < 4.78 is 1.95. The summed E-state index contributed by atoms with van der Waals surface area (Å²) in [5.74, 6) is 0.470. The van der Waals surface area contributed by atoms with Gasteiger partial charge in [-0.15, -0.1) is 0 Å². The van der Waals surface area contributed by atoms with E-state index in [4.69, 9.17) is 5.73 Å². The molecule has 0 amide bonds. The molecule has 0 radical (unpaired) electrons. The Morgan fingerprint density at radius 3 is 2.74 bits per heavy atom. The second-order valence-corrected chi connectivity index (χ2v) is 4.55. The highest BCUT2D eigenvalue weighted by atomic mass is 15.2. The van der Waals surface area contributed by atoms with Gasteiger partial charge in [0.2, 0.25) is 5.95 Å². The summed E-state index contributed by atoms with van der Waals surface area (Å²) in [5, 5.41) is 0. The van der Waals surface area contributed by atoms with Gasteiger partial charge in [-0.25, -0.2) is 4.98 Å². The largest absolute Gasteiger partial charge is 0.376 e. The molecule has 5 nitrogen and oxygen atoms in total. The van der Waals surface area contributed by atoms with Gasteiger partial charge in [0.25, 0.3) is 0 Å². The summed E-state index contributed by atoms with van der Waals surface area (Å²) in [5.41, 5.74) is 9.92. The number of benzene rings is 1. The van der Waals surface area contributed by atoms with Crippen molar-refractivity contribution in [3.05, 3.63) is 42.7 Å². The predicted molar refractivity (Wildman–Crippen MR) is 77.6 cm³/mol. The number of imidazole rings is 1. The molecule has 3 rings (SSSR count). The molecule has 0 atom stereocenters. The fourth-order valence-corrected chi connectivity index (χ4v) is 2.24. The first-order valence-corrected chi connectivity index (χ1v) is 6.03. The van der Waals surface area contributed by atoms with Gasteiger partial charge in [0.05, 0.1) is 23.1 Å². The van der Waals surface area contributed by atoms with Crippen molar-refractivity contribution in [1.82, 2.24) is 14.5 Å². The normalized spacial score (nSPS) is 10.8.